The molecule has 5 heteroatoms. The molecule has 0 aromatic rings. The first kappa shape index (κ1) is 16.5. The normalized spacial score (nSPS) is 11.8. The molecule has 0 aromatic heterocycles. The van der Waals surface area contributed by atoms with E-state index in [-0.39, 0.29) is 12.2 Å². The molecule has 0 unspecified atom stereocenters. The van der Waals surface area contributed by atoms with Crippen LogP contribution in [0.5, 0.6) is 0 Å². The van der Waals surface area contributed by atoms with Gasteiger partial charge in [-0.15, -0.1) is 0 Å². The molecule has 0 aliphatic rings. The van der Waals surface area contributed by atoms with Crippen molar-refractivity contribution in [2.75, 3.05) is 0 Å². The lowest BCUT2D eigenvalue weighted by atomic mass is 9.83. The summed E-state index contributed by atoms with van der Waals surface area (Å²) in [7, 11) is 0. The Bertz CT molecular complexity index is 204. The predicted octanol–water partition coefficient (Wildman–Crippen LogP) is 4.93. The molecule has 0 aliphatic carbocycles. The third-order valence-corrected chi connectivity index (χ3v) is 2.81. The van der Waals surface area contributed by atoms with Crippen molar-refractivity contribution >= 4 is 12.8 Å². The summed E-state index contributed by atoms with van der Waals surface area (Å²) in [6.45, 7) is -2.98. The minimum absolute atomic E-state index is 0.235. The molecule has 0 spiro atoms. The Morgan fingerprint density at radius 1 is 0.824 bits per heavy atom. The van der Waals surface area contributed by atoms with E-state index in [0.29, 0.717) is 12.8 Å². The van der Waals surface area contributed by atoms with Crippen LogP contribution in [0.3, 0.4) is 0 Å². The molecule has 0 aromatic carbocycles. The Morgan fingerprint density at radius 3 is 1.65 bits per heavy atom. The van der Waals surface area contributed by atoms with Gasteiger partial charge in [0.1, 0.15) is 5.78 Å². The Balaban J connectivity index is 3.06. The van der Waals surface area contributed by atoms with Gasteiger partial charge in [-0.1, -0.05) is 51.3 Å². The number of Topliss-reactive ketones (excluding diaryl/α,β-unsaturated/α-hetero) is 1. The lowest BCUT2D eigenvalue weighted by Crippen LogP contribution is -2.13. The van der Waals surface area contributed by atoms with E-state index in [9.17, 15) is 17.7 Å². The molecular formula is C12H23BF3O-. The van der Waals surface area contributed by atoms with Crippen LogP contribution in [0.2, 0.25) is 6.32 Å². The van der Waals surface area contributed by atoms with Crippen molar-refractivity contribution in [2.45, 2.75) is 71.0 Å². The Kier molecular flexibility index (Phi) is 9.28. The average molecular weight is 251 g/mol. The monoisotopic (exact) mass is 251 g/mol. The lowest BCUT2D eigenvalue weighted by molar-refractivity contribution is -0.117. The first-order valence-electron chi connectivity index (χ1n) is 6.62. The second kappa shape index (κ2) is 9.54. The van der Waals surface area contributed by atoms with E-state index in [2.05, 4.69) is 0 Å². The summed E-state index contributed by atoms with van der Waals surface area (Å²) in [5.74, 6) is 0.235. The number of carbonyl (C=O) groups is 1. The Morgan fingerprint density at radius 2 is 1.24 bits per heavy atom. The van der Waals surface area contributed by atoms with E-state index in [0.717, 1.165) is 38.5 Å². The highest BCUT2D eigenvalue weighted by molar-refractivity contribution is 6.58. The molecule has 0 saturated heterocycles. The van der Waals surface area contributed by atoms with E-state index in [1.54, 1.807) is 6.92 Å². The fourth-order valence-electron chi connectivity index (χ4n) is 1.81. The standard InChI is InChI=1S/C12H23BF3O/c1-12(17)10-8-6-4-2-3-5-7-9-11-13(14,15)16/h2-11H2,1H3/q-1. The summed E-state index contributed by atoms with van der Waals surface area (Å²) in [5, 5.41) is 0. The van der Waals surface area contributed by atoms with Gasteiger partial charge < -0.3 is 17.7 Å². The molecule has 0 atom stereocenters. The number of carbonyl (C=O) groups excluding carboxylic acids is 1. The van der Waals surface area contributed by atoms with Crippen LogP contribution in [0.1, 0.15) is 64.7 Å². The number of unbranched alkanes of at least 4 members (excludes halogenated alkanes) is 7. The van der Waals surface area contributed by atoms with Gasteiger partial charge in [-0.3, -0.25) is 0 Å². The van der Waals surface area contributed by atoms with Gasteiger partial charge in [-0.2, -0.15) is 0 Å². The van der Waals surface area contributed by atoms with E-state index >= 15 is 0 Å². The van der Waals surface area contributed by atoms with Crippen LogP contribution in [0, 0.1) is 0 Å². The fraction of sp³-hybridized carbons (Fsp3) is 0.917. The Labute approximate surface area is 102 Å². The second-order valence-corrected chi connectivity index (χ2v) is 4.78. The molecule has 0 amide bonds. The van der Waals surface area contributed by atoms with Crippen LogP contribution < -0.4 is 0 Å². The molecule has 102 valence electrons. The molecule has 0 fully saturated rings. The fourth-order valence-corrected chi connectivity index (χ4v) is 1.81. The summed E-state index contributed by atoms with van der Waals surface area (Å²) in [5.41, 5.74) is 0. The highest BCUT2D eigenvalue weighted by Gasteiger charge is 2.21. The highest BCUT2D eigenvalue weighted by atomic mass is 19.4. The molecule has 0 saturated carbocycles. The molecule has 0 aliphatic heterocycles. The van der Waals surface area contributed by atoms with Gasteiger partial charge in [0, 0.05) is 6.42 Å². The highest BCUT2D eigenvalue weighted by Crippen LogP contribution is 2.19. The van der Waals surface area contributed by atoms with E-state index in [1.807, 2.05) is 0 Å². The van der Waals surface area contributed by atoms with E-state index < -0.39 is 13.3 Å². The first-order valence-corrected chi connectivity index (χ1v) is 6.62. The van der Waals surface area contributed by atoms with Crippen LogP contribution in [-0.4, -0.2) is 12.8 Å². The molecule has 0 rings (SSSR count). The molecule has 0 N–H and O–H groups in total. The van der Waals surface area contributed by atoms with Gasteiger partial charge in [-0.25, -0.2) is 0 Å². The summed E-state index contributed by atoms with van der Waals surface area (Å²) >= 11 is 0. The van der Waals surface area contributed by atoms with Crippen molar-refractivity contribution in [2.24, 2.45) is 0 Å². The molecule has 0 bridgehead atoms. The topological polar surface area (TPSA) is 17.1 Å². The molecule has 1 nitrogen and oxygen atoms in total. The van der Waals surface area contributed by atoms with E-state index in [1.165, 1.54) is 0 Å². The zero-order valence-corrected chi connectivity index (χ0v) is 10.7. The van der Waals surface area contributed by atoms with Gasteiger partial charge in [-0.05, 0) is 13.3 Å². The minimum atomic E-state index is -4.58. The zero-order chi connectivity index (χ0) is 13.1. The number of rotatable bonds is 11. The largest absolute Gasteiger partial charge is 0.478 e. The molecule has 17 heavy (non-hydrogen) atoms. The van der Waals surface area contributed by atoms with Crippen molar-refractivity contribution in [3.63, 3.8) is 0 Å². The van der Waals surface area contributed by atoms with Crippen molar-refractivity contribution in [3.05, 3.63) is 0 Å². The van der Waals surface area contributed by atoms with Crippen molar-refractivity contribution < 1.29 is 17.7 Å². The summed E-state index contributed by atoms with van der Waals surface area (Å²) < 4.78 is 35.6. The van der Waals surface area contributed by atoms with Gasteiger partial charge in [0.05, 0.1) is 0 Å². The Hall–Kier alpha value is -0.475. The average Bonchev–Trinajstić information content (AvgIpc) is 2.18. The van der Waals surface area contributed by atoms with Gasteiger partial charge >= 0.3 is 6.98 Å². The van der Waals surface area contributed by atoms with E-state index in [4.69, 9.17) is 0 Å². The smallest absolute Gasteiger partial charge is 0.449 e. The maximum atomic E-state index is 11.9. The zero-order valence-electron chi connectivity index (χ0n) is 10.7. The molecule has 0 radical (unpaired) electrons. The van der Waals surface area contributed by atoms with Crippen LogP contribution in [-0.2, 0) is 4.79 Å². The van der Waals surface area contributed by atoms with Crippen molar-refractivity contribution in [3.8, 4) is 0 Å². The second-order valence-electron chi connectivity index (χ2n) is 4.78. The third-order valence-electron chi connectivity index (χ3n) is 2.81. The number of halogens is 3. The van der Waals surface area contributed by atoms with Gasteiger partial charge in [0.15, 0.2) is 0 Å². The number of hydrogen-bond acceptors (Lipinski definition) is 1. The minimum Gasteiger partial charge on any atom is -0.449 e. The van der Waals surface area contributed by atoms with Crippen molar-refractivity contribution in [1.82, 2.24) is 0 Å². The third kappa shape index (κ3) is 15.5. The van der Waals surface area contributed by atoms with Crippen molar-refractivity contribution in [1.29, 1.82) is 0 Å². The van der Waals surface area contributed by atoms with Gasteiger partial charge in [0.25, 0.3) is 0 Å². The summed E-state index contributed by atoms with van der Waals surface area (Å²) in [4.78, 5) is 10.6. The summed E-state index contributed by atoms with van der Waals surface area (Å²) in [6.07, 6.45) is 7.15. The number of ketones is 1. The van der Waals surface area contributed by atoms with Crippen LogP contribution in [0.15, 0.2) is 0 Å². The maximum absolute atomic E-state index is 11.9. The summed E-state index contributed by atoms with van der Waals surface area (Å²) in [6, 6.07) is 0. The SMILES string of the molecule is CC(=O)CCCCCCCCCC[B-](F)(F)F. The lowest BCUT2D eigenvalue weighted by Gasteiger charge is -2.12. The first-order chi connectivity index (χ1) is 7.92. The maximum Gasteiger partial charge on any atom is 0.478 e. The molecular weight excluding hydrogens is 228 g/mol. The predicted molar refractivity (Wildman–Crippen MR) is 66.1 cm³/mol. The van der Waals surface area contributed by atoms with Gasteiger partial charge in [0.2, 0.25) is 0 Å². The van der Waals surface area contributed by atoms with Crippen LogP contribution in [0.4, 0.5) is 12.9 Å². The quantitative estimate of drug-likeness (QED) is 0.375. The van der Waals surface area contributed by atoms with Crippen LogP contribution >= 0.6 is 0 Å². The van der Waals surface area contributed by atoms with Crippen LogP contribution in [0.25, 0.3) is 0 Å². The molecule has 0 heterocycles. The number of hydrogen-bond donors (Lipinski definition) is 0.